The largest absolute Gasteiger partial charge is 0.402 e. The van der Waals surface area contributed by atoms with Crippen LogP contribution in [0, 0.1) is 45.8 Å². The molecule has 3 fully saturated rings. The lowest BCUT2D eigenvalue weighted by atomic mass is 9.47. The Kier molecular flexibility index (Phi) is 6.52. The van der Waals surface area contributed by atoms with Gasteiger partial charge in [-0.1, -0.05) is 32.4 Å². The third-order valence-corrected chi connectivity index (χ3v) is 11.2. The molecule has 7 heteroatoms. The van der Waals surface area contributed by atoms with Gasteiger partial charge in [0, 0.05) is 0 Å². The molecule has 4 aliphatic rings. The van der Waals surface area contributed by atoms with Crippen LogP contribution in [0.3, 0.4) is 0 Å². The van der Waals surface area contributed by atoms with Gasteiger partial charge in [0.25, 0.3) is 0 Å². The molecule has 0 aliphatic heterocycles. The predicted octanol–water partition coefficient (Wildman–Crippen LogP) is 8.47. The summed E-state index contributed by atoms with van der Waals surface area (Å²) in [4.78, 5) is 0. The van der Waals surface area contributed by atoms with Crippen LogP contribution in [0.2, 0.25) is 0 Å². The summed E-state index contributed by atoms with van der Waals surface area (Å²) in [7, 11) is 0. The molecule has 0 aromatic carbocycles. The van der Waals surface area contributed by atoms with E-state index in [0.717, 1.165) is 51.4 Å². The average Bonchev–Trinajstić information content (AvgIpc) is 3.08. The first-order chi connectivity index (χ1) is 15.5. The SMILES string of the molecule is CC(CCC(C)(C(F)(F)F)C(F)(F)F)C1CCC2C3CC=C4C[C@@H](O)CCC4(C)C3CCC12C. The normalized spacial score (nSPS) is 41.9. The first-order valence-corrected chi connectivity index (χ1v) is 13.1. The Bertz CT molecular complexity index is 786. The van der Waals surface area contributed by atoms with Gasteiger partial charge in [0.2, 0.25) is 0 Å². The van der Waals surface area contributed by atoms with Crippen molar-refractivity contribution < 1.29 is 31.4 Å². The van der Waals surface area contributed by atoms with Gasteiger partial charge in [0.15, 0.2) is 5.41 Å². The summed E-state index contributed by atoms with van der Waals surface area (Å²) in [6, 6.07) is 0. The van der Waals surface area contributed by atoms with E-state index in [1.165, 1.54) is 5.57 Å². The molecule has 0 radical (unpaired) electrons. The van der Waals surface area contributed by atoms with Gasteiger partial charge in [-0.3, -0.25) is 0 Å². The van der Waals surface area contributed by atoms with Crippen LogP contribution in [0.15, 0.2) is 11.6 Å². The summed E-state index contributed by atoms with van der Waals surface area (Å²) in [6.07, 6.45) is -1.92. The molecule has 4 rings (SSSR count). The molecular weight excluding hydrogens is 454 g/mol. The molecule has 3 saturated carbocycles. The molecule has 0 heterocycles. The molecule has 196 valence electrons. The predicted molar refractivity (Wildman–Crippen MR) is 120 cm³/mol. The molecule has 0 aromatic heterocycles. The number of allylic oxidation sites excluding steroid dienone is 1. The van der Waals surface area contributed by atoms with E-state index in [0.29, 0.717) is 24.7 Å². The molecule has 1 nitrogen and oxygen atoms in total. The van der Waals surface area contributed by atoms with Crippen molar-refractivity contribution in [2.24, 2.45) is 45.8 Å². The summed E-state index contributed by atoms with van der Waals surface area (Å²) < 4.78 is 80.5. The van der Waals surface area contributed by atoms with Crippen LogP contribution in [0.1, 0.15) is 91.9 Å². The standard InChI is InChI=1S/C27H40F6O/c1-16(9-14-25(4,26(28,29)30)27(31,32)33)20-7-8-21-19-6-5-17-15-18(34)10-12-23(17,2)22(19)11-13-24(20,21)3/h5,16,18-22,34H,6-15H2,1-4H3/t16?,18-,19?,20?,21?,22?,23?,24?/m0/s1. The van der Waals surface area contributed by atoms with E-state index in [1.807, 2.05) is 6.92 Å². The number of aliphatic hydroxyl groups is 1. The van der Waals surface area contributed by atoms with Crippen LogP contribution in [-0.2, 0) is 0 Å². The van der Waals surface area contributed by atoms with Gasteiger partial charge < -0.3 is 5.11 Å². The summed E-state index contributed by atoms with van der Waals surface area (Å²) in [5.74, 6) is 1.54. The fourth-order valence-electron chi connectivity index (χ4n) is 8.78. The van der Waals surface area contributed by atoms with Gasteiger partial charge in [0.1, 0.15) is 0 Å². The second-order valence-corrected chi connectivity index (χ2v) is 12.7. The maximum atomic E-state index is 13.4. The molecule has 7 unspecified atom stereocenters. The minimum Gasteiger partial charge on any atom is -0.393 e. The molecule has 0 bridgehead atoms. The zero-order valence-corrected chi connectivity index (χ0v) is 20.8. The zero-order valence-electron chi connectivity index (χ0n) is 20.8. The summed E-state index contributed by atoms with van der Waals surface area (Å²) in [6.45, 7) is 6.81. The van der Waals surface area contributed by atoms with Gasteiger partial charge in [-0.2, -0.15) is 26.3 Å². The van der Waals surface area contributed by atoms with Crippen LogP contribution in [0.25, 0.3) is 0 Å². The molecular formula is C27H40F6O. The van der Waals surface area contributed by atoms with E-state index in [2.05, 4.69) is 19.9 Å². The van der Waals surface area contributed by atoms with Crippen LogP contribution in [0.4, 0.5) is 26.3 Å². The van der Waals surface area contributed by atoms with Crippen molar-refractivity contribution in [3.8, 4) is 0 Å². The molecule has 0 spiro atoms. The van der Waals surface area contributed by atoms with Gasteiger partial charge >= 0.3 is 12.4 Å². The van der Waals surface area contributed by atoms with Gasteiger partial charge in [-0.15, -0.1) is 0 Å². The van der Waals surface area contributed by atoms with Crippen LogP contribution >= 0.6 is 0 Å². The average molecular weight is 495 g/mol. The quantitative estimate of drug-likeness (QED) is 0.307. The highest BCUT2D eigenvalue weighted by Gasteiger charge is 2.67. The molecule has 1 N–H and O–H groups in total. The highest BCUT2D eigenvalue weighted by atomic mass is 19.4. The summed E-state index contributed by atoms with van der Waals surface area (Å²) >= 11 is 0. The minimum absolute atomic E-state index is 0.0245. The molecule has 4 aliphatic carbocycles. The van der Waals surface area contributed by atoms with Crippen molar-refractivity contribution in [2.45, 2.75) is 110 Å². The number of alkyl halides is 6. The van der Waals surface area contributed by atoms with Crippen molar-refractivity contribution in [3.05, 3.63) is 11.6 Å². The lowest BCUT2D eigenvalue weighted by Crippen LogP contribution is -2.51. The van der Waals surface area contributed by atoms with E-state index in [1.54, 1.807) is 0 Å². The first-order valence-electron chi connectivity index (χ1n) is 13.1. The third kappa shape index (κ3) is 3.94. The zero-order chi connectivity index (χ0) is 25.3. The smallest absolute Gasteiger partial charge is 0.393 e. The lowest BCUT2D eigenvalue weighted by molar-refractivity contribution is -0.337. The summed E-state index contributed by atoms with van der Waals surface area (Å²) in [5.41, 5.74) is -2.16. The highest BCUT2D eigenvalue weighted by molar-refractivity contribution is 5.25. The van der Waals surface area contributed by atoms with Crippen molar-refractivity contribution in [1.29, 1.82) is 0 Å². The van der Waals surface area contributed by atoms with Crippen molar-refractivity contribution in [1.82, 2.24) is 0 Å². The van der Waals surface area contributed by atoms with E-state index < -0.39 is 24.2 Å². The Morgan fingerprint density at radius 1 is 0.971 bits per heavy atom. The number of aliphatic hydroxyl groups excluding tert-OH is 1. The van der Waals surface area contributed by atoms with Crippen LogP contribution in [-0.4, -0.2) is 23.6 Å². The number of fused-ring (bicyclic) bond motifs is 5. The topological polar surface area (TPSA) is 20.2 Å². The maximum absolute atomic E-state index is 13.4. The highest BCUT2D eigenvalue weighted by Crippen LogP contribution is 2.67. The number of hydrogen-bond donors (Lipinski definition) is 1. The molecule has 8 atom stereocenters. The Morgan fingerprint density at radius 3 is 2.24 bits per heavy atom. The Morgan fingerprint density at radius 2 is 1.62 bits per heavy atom. The first kappa shape index (κ1) is 26.3. The Labute approximate surface area is 199 Å². The molecule has 0 amide bonds. The van der Waals surface area contributed by atoms with Crippen molar-refractivity contribution in [2.75, 3.05) is 0 Å². The number of hydrogen-bond acceptors (Lipinski definition) is 1. The minimum atomic E-state index is -5.31. The van der Waals surface area contributed by atoms with Gasteiger partial charge in [-0.05, 0) is 112 Å². The van der Waals surface area contributed by atoms with Crippen molar-refractivity contribution in [3.63, 3.8) is 0 Å². The summed E-state index contributed by atoms with van der Waals surface area (Å²) in [5, 5.41) is 10.2. The maximum Gasteiger partial charge on any atom is 0.402 e. The Hall–Kier alpha value is -0.720. The van der Waals surface area contributed by atoms with Crippen LogP contribution in [0.5, 0.6) is 0 Å². The van der Waals surface area contributed by atoms with E-state index in [-0.39, 0.29) is 35.2 Å². The van der Waals surface area contributed by atoms with Gasteiger partial charge in [0.05, 0.1) is 6.10 Å². The number of halogens is 6. The van der Waals surface area contributed by atoms with E-state index in [4.69, 9.17) is 0 Å². The molecule has 34 heavy (non-hydrogen) atoms. The van der Waals surface area contributed by atoms with Crippen LogP contribution < -0.4 is 0 Å². The molecule has 0 aromatic rings. The van der Waals surface area contributed by atoms with Gasteiger partial charge in [-0.25, -0.2) is 0 Å². The fraction of sp³-hybridized carbons (Fsp3) is 0.926. The Balaban J connectivity index is 1.50. The number of rotatable bonds is 4. The monoisotopic (exact) mass is 494 g/mol. The second kappa shape index (κ2) is 8.41. The third-order valence-electron chi connectivity index (χ3n) is 11.2. The fourth-order valence-corrected chi connectivity index (χ4v) is 8.78. The van der Waals surface area contributed by atoms with E-state index >= 15 is 0 Å². The second-order valence-electron chi connectivity index (χ2n) is 12.7. The lowest BCUT2D eigenvalue weighted by Gasteiger charge is -2.58. The van der Waals surface area contributed by atoms with E-state index in [9.17, 15) is 31.4 Å². The molecule has 0 saturated heterocycles. The van der Waals surface area contributed by atoms with Crippen molar-refractivity contribution >= 4 is 0 Å².